The Labute approximate surface area is 230 Å². The molecular formula is C30H36N8O. The molecule has 5 rings (SSSR count). The Balaban J connectivity index is 1.46. The third-order valence-electron chi connectivity index (χ3n) is 7.26. The minimum atomic E-state index is 0.467. The topological polar surface area (TPSA) is 91.3 Å². The van der Waals surface area contributed by atoms with E-state index in [2.05, 4.69) is 75.0 Å². The van der Waals surface area contributed by atoms with Crippen LogP contribution >= 0.6 is 0 Å². The summed E-state index contributed by atoms with van der Waals surface area (Å²) < 4.78 is 5.81. The van der Waals surface area contributed by atoms with E-state index in [1.165, 1.54) is 11.3 Å². The van der Waals surface area contributed by atoms with Gasteiger partial charge in [0.15, 0.2) is 0 Å². The van der Waals surface area contributed by atoms with Crippen molar-refractivity contribution in [3.63, 3.8) is 0 Å². The third kappa shape index (κ3) is 5.49. The fourth-order valence-electron chi connectivity index (χ4n) is 5.02. The van der Waals surface area contributed by atoms with E-state index in [-0.39, 0.29) is 0 Å². The number of fused-ring (bicyclic) bond motifs is 1. The Bertz CT molecular complexity index is 1480. The van der Waals surface area contributed by atoms with Crippen LogP contribution in [0.4, 0.5) is 28.8 Å². The summed E-state index contributed by atoms with van der Waals surface area (Å²) in [5, 5.41) is 6.90. The molecule has 9 heteroatoms. The number of hydrogen-bond acceptors (Lipinski definition) is 9. The highest BCUT2D eigenvalue weighted by Crippen LogP contribution is 2.36. The molecule has 3 heterocycles. The van der Waals surface area contributed by atoms with Crippen LogP contribution in [0.15, 0.2) is 49.4 Å². The third-order valence-corrected chi connectivity index (χ3v) is 7.26. The van der Waals surface area contributed by atoms with Crippen molar-refractivity contribution >= 4 is 45.9 Å². The van der Waals surface area contributed by atoms with Gasteiger partial charge in [-0.25, -0.2) is 4.98 Å². The molecule has 2 aromatic carbocycles. The summed E-state index contributed by atoms with van der Waals surface area (Å²) >= 11 is 0. The highest BCUT2D eigenvalue weighted by Gasteiger charge is 2.20. The van der Waals surface area contributed by atoms with Crippen molar-refractivity contribution in [2.45, 2.75) is 26.7 Å². The second-order valence-corrected chi connectivity index (χ2v) is 9.65. The molecular weight excluding hydrogens is 488 g/mol. The Kier molecular flexibility index (Phi) is 7.88. The Morgan fingerprint density at radius 2 is 1.77 bits per heavy atom. The Morgan fingerprint density at radius 1 is 0.974 bits per heavy atom. The van der Waals surface area contributed by atoms with Crippen molar-refractivity contribution in [2.75, 3.05) is 55.9 Å². The molecule has 202 valence electrons. The van der Waals surface area contributed by atoms with E-state index in [9.17, 15) is 0 Å². The van der Waals surface area contributed by atoms with Crippen LogP contribution in [0.5, 0.6) is 5.75 Å². The maximum atomic E-state index is 5.81. The van der Waals surface area contributed by atoms with E-state index in [0.29, 0.717) is 11.8 Å². The van der Waals surface area contributed by atoms with Crippen LogP contribution in [-0.2, 0) is 12.8 Å². The molecule has 2 N–H and O–H groups in total. The van der Waals surface area contributed by atoms with Gasteiger partial charge in [-0.3, -0.25) is 9.97 Å². The van der Waals surface area contributed by atoms with E-state index in [1.807, 2.05) is 12.1 Å². The summed E-state index contributed by atoms with van der Waals surface area (Å²) in [5.74, 6) is 1.88. The van der Waals surface area contributed by atoms with Gasteiger partial charge in [0.1, 0.15) is 11.6 Å². The SMILES string of the molecule is C=Cc1cnc(Nc2cc(CC)c(N3CCN(C)CC3)cc2OC)nc1Nc1ccc2nccnc2c1CC. The summed E-state index contributed by atoms with van der Waals surface area (Å²) in [5.41, 5.74) is 7.88. The summed E-state index contributed by atoms with van der Waals surface area (Å²) in [4.78, 5) is 23.2. The Hall–Kier alpha value is -4.24. The number of piperazine rings is 1. The van der Waals surface area contributed by atoms with Crippen LogP contribution in [0, 0.1) is 0 Å². The number of benzene rings is 2. The molecule has 0 saturated carbocycles. The summed E-state index contributed by atoms with van der Waals surface area (Å²) in [7, 11) is 3.87. The summed E-state index contributed by atoms with van der Waals surface area (Å²) in [6, 6.07) is 8.28. The van der Waals surface area contributed by atoms with Crippen LogP contribution in [-0.4, -0.2) is 65.2 Å². The van der Waals surface area contributed by atoms with E-state index in [1.54, 1.807) is 31.8 Å². The lowest BCUT2D eigenvalue weighted by Crippen LogP contribution is -2.44. The van der Waals surface area contributed by atoms with Crippen LogP contribution in [0.25, 0.3) is 17.1 Å². The molecule has 4 aromatic rings. The molecule has 2 aromatic heterocycles. The first-order valence-electron chi connectivity index (χ1n) is 13.4. The van der Waals surface area contributed by atoms with Gasteiger partial charge in [-0.2, -0.15) is 4.98 Å². The maximum Gasteiger partial charge on any atom is 0.229 e. The van der Waals surface area contributed by atoms with Crippen LogP contribution < -0.4 is 20.3 Å². The van der Waals surface area contributed by atoms with Gasteiger partial charge in [-0.15, -0.1) is 0 Å². The van der Waals surface area contributed by atoms with Gasteiger partial charge in [-0.05, 0) is 43.7 Å². The number of methoxy groups -OCH3 is 1. The lowest BCUT2D eigenvalue weighted by atomic mass is 10.1. The quantitative estimate of drug-likeness (QED) is 0.297. The number of nitrogens with zero attached hydrogens (tertiary/aromatic N) is 6. The molecule has 0 radical (unpaired) electrons. The van der Waals surface area contributed by atoms with E-state index in [4.69, 9.17) is 9.72 Å². The predicted octanol–water partition coefficient (Wildman–Crippen LogP) is 5.44. The maximum absolute atomic E-state index is 5.81. The smallest absolute Gasteiger partial charge is 0.229 e. The second-order valence-electron chi connectivity index (χ2n) is 9.65. The van der Waals surface area contributed by atoms with Gasteiger partial charge >= 0.3 is 0 Å². The van der Waals surface area contributed by atoms with Crippen molar-refractivity contribution in [3.8, 4) is 5.75 Å². The molecule has 0 amide bonds. The number of hydrogen-bond donors (Lipinski definition) is 2. The highest BCUT2D eigenvalue weighted by atomic mass is 16.5. The van der Waals surface area contributed by atoms with E-state index >= 15 is 0 Å². The molecule has 0 bridgehead atoms. The molecule has 1 aliphatic rings. The number of nitrogens with one attached hydrogen (secondary N) is 2. The van der Waals surface area contributed by atoms with Crippen molar-refractivity contribution in [1.29, 1.82) is 0 Å². The summed E-state index contributed by atoms with van der Waals surface area (Å²) in [6.45, 7) is 12.4. The minimum absolute atomic E-state index is 0.467. The number of rotatable bonds is 9. The van der Waals surface area contributed by atoms with Crippen LogP contribution in [0.2, 0.25) is 0 Å². The number of likely N-dealkylation sites (N-methyl/N-ethyl adjacent to an activating group) is 1. The number of ether oxygens (including phenoxy) is 1. The molecule has 1 fully saturated rings. The van der Waals surface area contributed by atoms with Gasteiger partial charge in [-0.1, -0.05) is 26.5 Å². The predicted molar refractivity (Wildman–Crippen MR) is 160 cm³/mol. The van der Waals surface area contributed by atoms with E-state index in [0.717, 1.165) is 78.3 Å². The fourth-order valence-corrected chi connectivity index (χ4v) is 5.02. The van der Waals surface area contributed by atoms with Gasteiger partial charge in [0.05, 0.1) is 23.8 Å². The molecule has 0 spiro atoms. The zero-order chi connectivity index (χ0) is 27.4. The lowest BCUT2D eigenvalue weighted by Gasteiger charge is -2.35. The molecule has 1 aliphatic heterocycles. The molecule has 39 heavy (non-hydrogen) atoms. The highest BCUT2D eigenvalue weighted by molar-refractivity contribution is 5.85. The molecule has 0 aliphatic carbocycles. The average Bonchev–Trinajstić information content (AvgIpc) is 2.97. The Morgan fingerprint density at radius 3 is 2.49 bits per heavy atom. The normalized spacial score (nSPS) is 13.9. The monoisotopic (exact) mass is 524 g/mol. The number of aryl methyl sites for hydroxylation is 2. The molecule has 1 saturated heterocycles. The first-order valence-corrected chi connectivity index (χ1v) is 13.4. The fraction of sp³-hybridized carbons (Fsp3) is 0.333. The van der Waals surface area contributed by atoms with Crippen molar-refractivity contribution < 1.29 is 4.74 Å². The van der Waals surface area contributed by atoms with Crippen molar-refractivity contribution in [3.05, 3.63) is 66.1 Å². The first kappa shape index (κ1) is 26.4. The standard InChI is InChI=1S/C30H36N8O/c1-6-20-17-25(27(39-5)18-26(20)38-15-13-37(4)14-16-38)35-30-33-19-21(7-2)29(36-30)34-23-9-10-24-28(22(23)8-3)32-12-11-31-24/h7,9-12,17-19H,2,6,8,13-16H2,1,3-5H3,(H2,33,34,35,36). The van der Waals surface area contributed by atoms with Crippen LogP contribution in [0.3, 0.4) is 0 Å². The van der Waals surface area contributed by atoms with Gasteiger partial charge in [0.25, 0.3) is 0 Å². The van der Waals surface area contributed by atoms with Gasteiger partial charge in [0, 0.05) is 73.3 Å². The number of anilines is 5. The molecule has 0 atom stereocenters. The minimum Gasteiger partial charge on any atom is -0.494 e. The summed E-state index contributed by atoms with van der Waals surface area (Å²) in [6.07, 6.45) is 8.66. The van der Waals surface area contributed by atoms with Crippen molar-refractivity contribution in [2.24, 2.45) is 0 Å². The number of aromatic nitrogens is 4. The zero-order valence-corrected chi connectivity index (χ0v) is 23.2. The molecule has 0 unspecified atom stereocenters. The van der Waals surface area contributed by atoms with Gasteiger partial charge < -0.3 is 25.2 Å². The first-order chi connectivity index (χ1) is 19.0. The van der Waals surface area contributed by atoms with Crippen LogP contribution in [0.1, 0.15) is 30.5 Å². The largest absolute Gasteiger partial charge is 0.494 e. The lowest BCUT2D eigenvalue weighted by molar-refractivity contribution is 0.312. The van der Waals surface area contributed by atoms with E-state index < -0.39 is 0 Å². The van der Waals surface area contributed by atoms with Crippen molar-refractivity contribution in [1.82, 2.24) is 24.8 Å². The average molecular weight is 525 g/mol. The zero-order valence-electron chi connectivity index (χ0n) is 23.2. The molecule has 9 nitrogen and oxygen atoms in total. The van der Waals surface area contributed by atoms with Gasteiger partial charge in [0.2, 0.25) is 5.95 Å². The second kappa shape index (κ2) is 11.7.